The first-order valence-electron chi connectivity index (χ1n) is 8.26. The molecule has 0 radical (unpaired) electrons. The summed E-state index contributed by atoms with van der Waals surface area (Å²) in [7, 11) is 1.50. The second-order valence-corrected chi connectivity index (χ2v) is 6.16. The van der Waals surface area contributed by atoms with Crippen LogP contribution in [0.4, 0.5) is 11.4 Å². The molecule has 2 aromatic carbocycles. The molecule has 0 spiro atoms. The molecule has 0 bridgehead atoms. The summed E-state index contributed by atoms with van der Waals surface area (Å²) < 4.78 is 10.9. The molecule has 3 rings (SSSR count). The predicted molar refractivity (Wildman–Crippen MR) is 101 cm³/mol. The van der Waals surface area contributed by atoms with Gasteiger partial charge in [-0.1, -0.05) is 32.0 Å². The fourth-order valence-electron chi connectivity index (χ4n) is 2.44. The largest absolute Gasteiger partial charge is 0.494 e. The molecule has 1 aromatic heterocycles. The summed E-state index contributed by atoms with van der Waals surface area (Å²) in [6.45, 7) is 3.63. The lowest BCUT2D eigenvalue weighted by Crippen LogP contribution is -2.18. The maximum Gasteiger partial charge on any atom is 0.291 e. The van der Waals surface area contributed by atoms with Crippen LogP contribution in [-0.4, -0.2) is 18.9 Å². The number of anilines is 2. The summed E-state index contributed by atoms with van der Waals surface area (Å²) in [5.74, 6) is 0.0551. The SMILES string of the molecule is COc1cc(NC(=O)C(C)C)ccc1NC(=O)c1cc2ccccc2o1. The van der Waals surface area contributed by atoms with Crippen LogP contribution in [0.25, 0.3) is 11.0 Å². The van der Waals surface area contributed by atoms with Crippen LogP contribution in [0, 0.1) is 5.92 Å². The molecule has 0 fully saturated rings. The van der Waals surface area contributed by atoms with E-state index in [1.165, 1.54) is 7.11 Å². The lowest BCUT2D eigenvalue weighted by molar-refractivity contribution is -0.118. The van der Waals surface area contributed by atoms with Crippen molar-refractivity contribution in [3.8, 4) is 5.75 Å². The molecule has 3 aromatic rings. The third-order valence-corrected chi connectivity index (χ3v) is 3.89. The number of hydrogen-bond donors (Lipinski definition) is 2. The molecular formula is C20H20N2O4. The molecule has 26 heavy (non-hydrogen) atoms. The second kappa shape index (κ2) is 7.31. The van der Waals surface area contributed by atoms with Gasteiger partial charge in [0.1, 0.15) is 11.3 Å². The number of benzene rings is 2. The van der Waals surface area contributed by atoms with Gasteiger partial charge in [0.05, 0.1) is 12.8 Å². The third kappa shape index (κ3) is 3.69. The van der Waals surface area contributed by atoms with Crippen molar-refractivity contribution in [2.24, 2.45) is 5.92 Å². The van der Waals surface area contributed by atoms with Crippen LogP contribution in [0.2, 0.25) is 0 Å². The number of methoxy groups -OCH3 is 1. The highest BCUT2D eigenvalue weighted by molar-refractivity contribution is 6.05. The number of ether oxygens (including phenoxy) is 1. The van der Waals surface area contributed by atoms with Crippen molar-refractivity contribution < 1.29 is 18.7 Å². The number of fused-ring (bicyclic) bond motifs is 1. The van der Waals surface area contributed by atoms with Crippen LogP contribution in [0.15, 0.2) is 52.9 Å². The van der Waals surface area contributed by atoms with Crippen molar-refractivity contribution >= 4 is 34.2 Å². The van der Waals surface area contributed by atoms with Crippen LogP contribution >= 0.6 is 0 Å². The summed E-state index contributed by atoms with van der Waals surface area (Å²) in [5.41, 5.74) is 1.74. The molecule has 6 nitrogen and oxygen atoms in total. The first kappa shape index (κ1) is 17.5. The van der Waals surface area contributed by atoms with E-state index in [1.54, 1.807) is 30.3 Å². The number of nitrogens with one attached hydrogen (secondary N) is 2. The summed E-state index contributed by atoms with van der Waals surface area (Å²) in [5, 5.41) is 6.43. The highest BCUT2D eigenvalue weighted by atomic mass is 16.5. The predicted octanol–water partition coefficient (Wildman–Crippen LogP) is 4.29. The van der Waals surface area contributed by atoms with Crippen LogP contribution < -0.4 is 15.4 Å². The molecule has 0 saturated carbocycles. The van der Waals surface area contributed by atoms with Gasteiger partial charge in [-0.3, -0.25) is 9.59 Å². The van der Waals surface area contributed by atoms with Gasteiger partial charge < -0.3 is 19.8 Å². The van der Waals surface area contributed by atoms with E-state index in [-0.39, 0.29) is 23.5 Å². The highest BCUT2D eigenvalue weighted by Crippen LogP contribution is 2.29. The molecule has 6 heteroatoms. The van der Waals surface area contributed by atoms with E-state index >= 15 is 0 Å². The standard InChI is InChI=1S/C20H20N2O4/c1-12(2)19(23)21-14-8-9-15(17(11-14)25-3)22-20(24)18-10-13-6-4-5-7-16(13)26-18/h4-12H,1-3H3,(H,21,23)(H,22,24). The third-order valence-electron chi connectivity index (χ3n) is 3.89. The Labute approximate surface area is 151 Å². The van der Waals surface area contributed by atoms with Crippen molar-refractivity contribution in [2.75, 3.05) is 17.7 Å². The first-order chi connectivity index (χ1) is 12.5. The molecule has 0 aliphatic heterocycles. The average Bonchev–Trinajstić information content (AvgIpc) is 3.07. The van der Waals surface area contributed by atoms with Crippen molar-refractivity contribution in [1.82, 2.24) is 0 Å². The molecule has 0 saturated heterocycles. The number of rotatable bonds is 5. The van der Waals surface area contributed by atoms with Crippen LogP contribution in [0.1, 0.15) is 24.4 Å². The van der Waals surface area contributed by atoms with Crippen molar-refractivity contribution in [2.45, 2.75) is 13.8 Å². The monoisotopic (exact) mass is 352 g/mol. The summed E-state index contributed by atoms with van der Waals surface area (Å²) in [6, 6.07) is 14.1. The second-order valence-electron chi connectivity index (χ2n) is 6.16. The number of carbonyl (C=O) groups excluding carboxylic acids is 2. The zero-order chi connectivity index (χ0) is 18.7. The minimum absolute atomic E-state index is 0.0916. The van der Waals surface area contributed by atoms with Crippen LogP contribution in [0.3, 0.4) is 0 Å². The molecule has 0 aliphatic carbocycles. The minimum atomic E-state index is -0.376. The number of carbonyl (C=O) groups is 2. The van der Waals surface area contributed by atoms with Gasteiger partial charge in [0.25, 0.3) is 5.91 Å². The Morgan fingerprint density at radius 3 is 2.50 bits per heavy atom. The van der Waals surface area contributed by atoms with Gasteiger partial charge in [-0.15, -0.1) is 0 Å². The van der Waals surface area contributed by atoms with E-state index in [4.69, 9.17) is 9.15 Å². The van der Waals surface area contributed by atoms with Gasteiger partial charge in [-0.05, 0) is 24.3 Å². The average molecular weight is 352 g/mol. The normalized spacial score (nSPS) is 10.8. The molecule has 1 heterocycles. The first-order valence-corrected chi connectivity index (χ1v) is 8.26. The Hall–Kier alpha value is -3.28. The van der Waals surface area contributed by atoms with Crippen LogP contribution in [-0.2, 0) is 4.79 Å². The Kier molecular flexibility index (Phi) is 4.93. The topological polar surface area (TPSA) is 80.6 Å². The van der Waals surface area contributed by atoms with Crippen LogP contribution in [0.5, 0.6) is 5.75 Å². The van der Waals surface area contributed by atoms with Crippen molar-refractivity contribution in [3.63, 3.8) is 0 Å². The molecule has 2 N–H and O–H groups in total. The van der Waals surface area contributed by atoms with Crippen molar-refractivity contribution in [1.29, 1.82) is 0 Å². The van der Waals surface area contributed by atoms with Gasteiger partial charge in [0.2, 0.25) is 5.91 Å². The fraction of sp³-hybridized carbons (Fsp3) is 0.200. The van der Waals surface area contributed by atoms with E-state index in [0.717, 1.165) is 5.39 Å². The zero-order valence-electron chi connectivity index (χ0n) is 14.8. The number of para-hydroxylation sites is 1. The Balaban J connectivity index is 1.80. The van der Waals surface area contributed by atoms with Gasteiger partial charge >= 0.3 is 0 Å². The van der Waals surface area contributed by atoms with Gasteiger partial charge in [-0.2, -0.15) is 0 Å². The van der Waals surface area contributed by atoms with Gasteiger partial charge in [-0.25, -0.2) is 0 Å². The van der Waals surface area contributed by atoms with E-state index < -0.39 is 0 Å². The highest BCUT2D eigenvalue weighted by Gasteiger charge is 2.15. The van der Waals surface area contributed by atoms with E-state index in [2.05, 4.69) is 10.6 Å². The molecule has 134 valence electrons. The van der Waals surface area contributed by atoms with Crippen molar-refractivity contribution in [3.05, 3.63) is 54.3 Å². The fourth-order valence-corrected chi connectivity index (χ4v) is 2.44. The molecular weight excluding hydrogens is 332 g/mol. The van der Waals surface area contributed by atoms with Gasteiger partial charge in [0.15, 0.2) is 5.76 Å². The van der Waals surface area contributed by atoms with E-state index in [1.807, 2.05) is 32.0 Å². The zero-order valence-corrected chi connectivity index (χ0v) is 14.8. The molecule has 0 aliphatic rings. The Bertz CT molecular complexity index is 926. The molecule has 0 unspecified atom stereocenters. The van der Waals surface area contributed by atoms with E-state index in [0.29, 0.717) is 22.7 Å². The smallest absolute Gasteiger partial charge is 0.291 e. The Morgan fingerprint density at radius 1 is 1.04 bits per heavy atom. The maximum atomic E-state index is 12.5. The quantitative estimate of drug-likeness (QED) is 0.718. The molecule has 2 amide bonds. The maximum absolute atomic E-state index is 12.5. The summed E-state index contributed by atoms with van der Waals surface area (Å²) >= 11 is 0. The van der Waals surface area contributed by atoms with Gasteiger partial charge in [0, 0.05) is 23.1 Å². The number of furan rings is 1. The molecule has 0 atom stereocenters. The van der Waals surface area contributed by atoms with E-state index in [9.17, 15) is 9.59 Å². The number of hydrogen-bond acceptors (Lipinski definition) is 4. The Morgan fingerprint density at radius 2 is 1.81 bits per heavy atom. The summed E-state index contributed by atoms with van der Waals surface area (Å²) in [6.07, 6.45) is 0. The number of amides is 2. The summed E-state index contributed by atoms with van der Waals surface area (Å²) in [4.78, 5) is 24.3. The minimum Gasteiger partial charge on any atom is -0.494 e. The lowest BCUT2D eigenvalue weighted by Gasteiger charge is -2.13. The lowest BCUT2D eigenvalue weighted by atomic mass is 10.2.